The maximum Gasteiger partial charge on any atom is 0.245 e. The molecular formula is C11H20N4O2S. The van der Waals surface area contributed by atoms with Crippen molar-refractivity contribution in [3.63, 3.8) is 0 Å². The summed E-state index contributed by atoms with van der Waals surface area (Å²) in [5, 5.41) is 13.2. The zero-order valence-electron chi connectivity index (χ0n) is 10.6. The number of rotatable bonds is 6. The molecule has 0 amide bonds. The lowest BCUT2D eigenvalue weighted by Gasteiger charge is -2.30. The van der Waals surface area contributed by atoms with E-state index in [4.69, 9.17) is 4.74 Å². The van der Waals surface area contributed by atoms with E-state index in [0.29, 0.717) is 18.5 Å². The Morgan fingerprint density at radius 1 is 1.61 bits per heavy atom. The van der Waals surface area contributed by atoms with Crippen molar-refractivity contribution >= 4 is 11.7 Å². The van der Waals surface area contributed by atoms with Crippen LogP contribution < -0.4 is 10.1 Å². The molecule has 1 aromatic rings. The van der Waals surface area contributed by atoms with E-state index in [1.165, 1.54) is 0 Å². The summed E-state index contributed by atoms with van der Waals surface area (Å²) >= 11 is 1.10. The molecule has 1 saturated heterocycles. The van der Waals surface area contributed by atoms with Crippen molar-refractivity contribution in [3.05, 3.63) is 6.20 Å². The standard InChI is InChI=1S/C11H20N4O2S/c1-15-4-2-9(3-5-15)12-6-10(16)8-17-11-7-13-18-14-11/h7,9-10,12,16H,2-6,8H2,1H3. The third kappa shape index (κ3) is 4.49. The highest BCUT2D eigenvalue weighted by atomic mass is 32.1. The zero-order chi connectivity index (χ0) is 12.8. The first-order chi connectivity index (χ1) is 8.74. The van der Waals surface area contributed by atoms with Gasteiger partial charge in [0.25, 0.3) is 0 Å². The zero-order valence-corrected chi connectivity index (χ0v) is 11.4. The molecule has 2 rings (SSSR count). The van der Waals surface area contributed by atoms with E-state index in [1.807, 2.05) is 0 Å². The molecule has 2 heterocycles. The minimum absolute atomic E-state index is 0.255. The molecule has 1 aliphatic rings. The monoisotopic (exact) mass is 272 g/mol. The first kappa shape index (κ1) is 13.7. The third-order valence-electron chi connectivity index (χ3n) is 3.13. The molecule has 0 bridgehead atoms. The average Bonchev–Trinajstić information content (AvgIpc) is 2.89. The van der Waals surface area contributed by atoms with Crippen LogP contribution in [0.15, 0.2) is 6.20 Å². The minimum atomic E-state index is -0.508. The fourth-order valence-electron chi connectivity index (χ4n) is 1.98. The molecule has 0 aromatic carbocycles. The number of hydrogen-bond acceptors (Lipinski definition) is 7. The number of nitrogens with one attached hydrogen (secondary N) is 1. The lowest BCUT2D eigenvalue weighted by molar-refractivity contribution is 0.0977. The van der Waals surface area contributed by atoms with Gasteiger partial charge in [-0.15, -0.1) is 4.37 Å². The van der Waals surface area contributed by atoms with Crippen molar-refractivity contribution in [2.45, 2.75) is 25.0 Å². The van der Waals surface area contributed by atoms with Gasteiger partial charge in [0, 0.05) is 12.6 Å². The van der Waals surface area contributed by atoms with Gasteiger partial charge in [0.05, 0.1) is 11.7 Å². The fraction of sp³-hybridized carbons (Fsp3) is 0.818. The second-order valence-corrected chi connectivity index (χ2v) is 5.25. The Balaban J connectivity index is 1.58. The second-order valence-electron chi connectivity index (χ2n) is 4.70. The SMILES string of the molecule is CN1CCC(NCC(O)COc2cnsn2)CC1. The van der Waals surface area contributed by atoms with Gasteiger partial charge in [0.2, 0.25) is 5.88 Å². The Morgan fingerprint density at radius 2 is 2.39 bits per heavy atom. The molecular weight excluding hydrogens is 252 g/mol. The Bertz CT molecular complexity index is 328. The predicted molar refractivity (Wildman–Crippen MR) is 69.9 cm³/mol. The molecule has 1 atom stereocenters. The minimum Gasteiger partial charge on any atom is -0.473 e. The van der Waals surface area contributed by atoms with Gasteiger partial charge in [-0.2, -0.15) is 4.37 Å². The summed E-state index contributed by atoms with van der Waals surface area (Å²) in [5.74, 6) is 0.485. The van der Waals surface area contributed by atoms with Crippen LogP contribution in [0, 0.1) is 0 Å². The molecule has 0 spiro atoms. The van der Waals surface area contributed by atoms with Crippen LogP contribution in [0.25, 0.3) is 0 Å². The fourth-order valence-corrected chi connectivity index (χ4v) is 2.34. The van der Waals surface area contributed by atoms with Crippen LogP contribution in [0.3, 0.4) is 0 Å². The van der Waals surface area contributed by atoms with Gasteiger partial charge in [-0.25, -0.2) is 0 Å². The third-order valence-corrected chi connectivity index (χ3v) is 3.59. The highest BCUT2D eigenvalue weighted by Gasteiger charge is 2.17. The van der Waals surface area contributed by atoms with E-state index in [0.717, 1.165) is 37.7 Å². The van der Waals surface area contributed by atoms with Gasteiger partial charge in [-0.1, -0.05) is 0 Å². The van der Waals surface area contributed by atoms with Crippen molar-refractivity contribution in [3.8, 4) is 5.88 Å². The van der Waals surface area contributed by atoms with Gasteiger partial charge in [-0.3, -0.25) is 0 Å². The maximum atomic E-state index is 9.79. The number of nitrogens with zero attached hydrogens (tertiary/aromatic N) is 3. The molecule has 7 heteroatoms. The van der Waals surface area contributed by atoms with Crippen LogP contribution >= 0.6 is 11.7 Å². The average molecular weight is 272 g/mol. The Hall–Kier alpha value is -0.760. The van der Waals surface area contributed by atoms with Crippen LogP contribution in [0.5, 0.6) is 5.88 Å². The lowest BCUT2D eigenvalue weighted by Crippen LogP contribution is -2.44. The van der Waals surface area contributed by atoms with Gasteiger partial charge >= 0.3 is 0 Å². The first-order valence-corrected chi connectivity index (χ1v) is 6.97. The number of hydrogen-bond donors (Lipinski definition) is 2. The van der Waals surface area contributed by atoms with Crippen molar-refractivity contribution in [2.24, 2.45) is 0 Å². The van der Waals surface area contributed by atoms with Crippen molar-refractivity contribution in [1.82, 2.24) is 19.0 Å². The van der Waals surface area contributed by atoms with E-state index in [9.17, 15) is 5.11 Å². The summed E-state index contributed by atoms with van der Waals surface area (Å²) in [6, 6.07) is 0.511. The Labute approximate surface area is 111 Å². The van der Waals surface area contributed by atoms with Gasteiger partial charge in [0.15, 0.2) is 0 Å². The first-order valence-electron chi connectivity index (χ1n) is 6.24. The molecule has 0 saturated carbocycles. The molecule has 0 aliphatic carbocycles. The number of aromatic nitrogens is 2. The summed E-state index contributed by atoms with van der Waals surface area (Å²) in [6.45, 7) is 3.06. The number of aliphatic hydroxyl groups is 1. The van der Waals surface area contributed by atoms with E-state index < -0.39 is 6.10 Å². The number of piperidine rings is 1. The lowest BCUT2D eigenvalue weighted by atomic mass is 10.1. The number of aliphatic hydroxyl groups excluding tert-OH is 1. The molecule has 102 valence electrons. The maximum absolute atomic E-state index is 9.79. The predicted octanol–water partition coefficient (Wildman–Crippen LogP) is -0.0384. The van der Waals surface area contributed by atoms with Crippen LogP contribution in [0.2, 0.25) is 0 Å². The van der Waals surface area contributed by atoms with E-state index in [-0.39, 0.29) is 6.61 Å². The molecule has 0 radical (unpaired) electrons. The molecule has 1 aliphatic heterocycles. The summed E-state index contributed by atoms with van der Waals surface area (Å²) in [4.78, 5) is 2.33. The van der Waals surface area contributed by atoms with E-state index in [2.05, 4.69) is 26.0 Å². The van der Waals surface area contributed by atoms with Crippen molar-refractivity contribution in [2.75, 3.05) is 33.3 Å². The molecule has 6 nitrogen and oxygen atoms in total. The van der Waals surface area contributed by atoms with Crippen LogP contribution in [0.1, 0.15) is 12.8 Å². The van der Waals surface area contributed by atoms with Crippen LogP contribution in [0.4, 0.5) is 0 Å². The second kappa shape index (κ2) is 6.98. The summed E-state index contributed by atoms with van der Waals surface area (Å²) < 4.78 is 13.1. The smallest absolute Gasteiger partial charge is 0.245 e. The molecule has 1 aromatic heterocycles. The van der Waals surface area contributed by atoms with E-state index >= 15 is 0 Å². The summed E-state index contributed by atoms with van der Waals surface area (Å²) in [6.07, 6.45) is 3.33. The highest BCUT2D eigenvalue weighted by Crippen LogP contribution is 2.08. The summed E-state index contributed by atoms with van der Waals surface area (Å²) in [5.41, 5.74) is 0. The van der Waals surface area contributed by atoms with Gasteiger partial charge < -0.3 is 20.1 Å². The van der Waals surface area contributed by atoms with Gasteiger partial charge in [-0.05, 0) is 33.0 Å². The molecule has 18 heavy (non-hydrogen) atoms. The van der Waals surface area contributed by atoms with Crippen molar-refractivity contribution in [1.29, 1.82) is 0 Å². The Morgan fingerprint density at radius 3 is 3.06 bits per heavy atom. The topological polar surface area (TPSA) is 70.5 Å². The molecule has 1 unspecified atom stereocenters. The van der Waals surface area contributed by atoms with Crippen LogP contribution in [-0.2, 0) is 0 Å². The number of ether oxygens (including phenoxy) is 1. The largest absolute Gasteiger partial charge is 0.473 e. The quantitative estimate of drug-likeness (QED) is 0.757. The summed E-state index contributed by atoms with van der Waals surface area (Å²) in [7, 11) is 2.14. The molecule has 2 N–H and O–H groups in total. The van der Waals surface area contributed by atoms with Gasteiger partial charge in [0.1, 0.15) is 18.9 Å². The highest BCUT2D eigenvalue weighted by molar-refractivity contribution is 6.99. The normalized spacial score (nSPS) is 19.9. The number of likely N-dealkylation sites (tertiary alicyclic amines) is 1. The molecule has 1 fully saturated rings. The van der Waals surface area contributed by atoms with E-state index in [1.54, 1.807) is 6.20 Å². The van der Waals surface area contributed by atoms with Crippen molar-refractivity contribution < 1.29 is 9.84 Å². The Kier molecular flexibility index (Phi) is 5.30. The van der Waals surface area contributed by atoms with Crippen LogP contribution in [-0.4, -0.2) is 64.2 Å².